The Hall–Kier alpha value is -2.08. The molecule has 1 fully saturated rings. The average molecular weight is 292 g/mol. The van der Waals surface area contributed by atoms with Crippen molar-refractivity contribution < 1.29 is 19.1 Å². The van der Waals surface area contributed by atoms with Gasteiger partial charge in [0.2, 0.25) is 5.91 Å². The summed E-state index contributed by atoms with van der Waals surface area (Å²) in [5.41, 5.74) is 5.95. The maximum atomic E-state index is 12.5. The SMILES string of the molecule is COC[C@@H]1CN(C(=O)c2cccc(OC)c2)C[C@H]1C(N)=O. The number of benzene rings is 1. The van der Waals surface area contributed by atoms with Crippen LogP contribution < -0.4 is 10.5 Å². The molecular weight excluding hydrogens is 272 g/mol. The Morgan fingerprint density at radius 2 is 2.10 bits per heavy atom. The van der Waals surface area contributed by atoms with E-state index in [1.807, 2.05) is 0 Å². The third kappa shape index (κ3) is 3.33. The maximum absolute atomic E-state index is 12.5. The van der Waals surface area contributed by atoms with Gasteiger partial charge in [-0.25, -0.2) is 0 Å². The lowest BCUT2D eigenvalue weighted by atomic mass is 9.96. The molecule has 0 radical (unpaired) electrons. The first-order chi connectivity index (χ1) is 10.1. The summed E-state index contributed by atoms with van der Waals surface area (Å²) in [5.74, 6) is -0.307. The topological polar surface area (TPSA) is 81.9 Å². The van der Waals surface area contributed by atoms with Crippen LogP contribution in [0.4, 0.5) is 0 Å². The third-order valence-corrected chi connectivity index (χ3v) is 3.79. The molecule has 2 N–H and O–H groups in total. The molecule has 1 aliphatic heterocycles. The largest absolute Gasteiger partial charge is 0.497 e. The second-order valence-electron chi connectivity index (χ2n) is 5.17. The van der Waals surface area contributed by atoms with Crippen molar-refractivity contribution >= 4 is 11.8 Å². The number of hydrogen-bond donors (Lipinski definition) is 1. The van der Waals surface area contributed by atoms with E-state index in [0.29, 0.717) is 31.0 Å². The zero-order chi connectivity index (χ0) is 15.4. The Morgan fingerprint density at radius 1 is 1.33 bits per heavy atom. The van der Waals surface area contributed by atoms with Gasteiger partial charge in [-0.05, 0) is 18.2 Å². The highest BCUT2D eigenvalue weighted by Crippen LogP contribution is 2.25. The Labute approximate surface area is 123 Å². The van der Waals surface area contributed by atoms with Crippen LogP contribution in [0.25, 0.3) is 0 Å². The van der Waals surface area contributed by atoms with Crippen LogP contribution >= 0.6 is 0 Å². The van der Waals surface area contributed by atoms with Crippen molar-refractivity contribution in [1.82, 2.24) is 4.90 Å². The van der Waals surface area contributed by atoms with Gasteiger partial charge in [0.15, 0.2) is 0 Å². The highest BCUT2D eigenvalue weighted by molar-refractivity contribution is 5.95. The third-order valence-electron chi connectivity index (χ3n) is 3.79. The molecule has 2 atom stereocenters. The van der Waals surface area contributed by atoms with Gasteiger partial charge in [0, 0.05) is 31.7 Å². The van der Waals surface area contributed by atoms with Gasteiger partial charge >= 0.3 is 0 Å². The van der Waals surface area contributed by atoms with E-state index in [1.54, 1.807) is 43.4 Å². The van der Waals surface area contributed by atoms with E-state index in [0.717, 1.165) is 0 Å². The minimum Gasteiger partial charge on any atom is -0.497 e. The number of ether oxygens (including phenoxy) is 2. The van der Waals surface area contributed by atoms with E-state index in [4.69, 9.17) is 15.2 Å². The fraction of sp³-hybridized carbons (Fsp3) is 0.467. The zero-order valence-corrected chi connectivity index (χ0v) is 12.2. The Bertz CT molecular complexity index is 532. The number of carbonyl (C=O) groups is 2. The number of nitrogens with two attached hydrogens (primary N) is 1. The van der Waals surface area contributed by atoms with E-state index >= 15 is 0 Å². The molecule has 0 aromatic heterocycles. The van der Waals surface area contributed by atoms with E-state index < -0.39 is 5.91 Å². The molecule has 6 heteroatoms. The van der Waals surface area contributed by atoms with Crippen molar-refractivity contribution in [3.8, 4) is 5.75 Å². The summed E-state index contributed by atoms with van der Waals surface area (Å²) in [4.78, 5) is 25.7. The average Bonchev–Trinajstić information content (AvgIpc) is 2.91. The molecule has 0 spiro atoms. The number of rotatable bonds is 5. The molecule has 0 saturated carbocycles. The summed E-state index contributed by atoms with van der Waals surface area (Å²) in [7, 11) is 3.13. The molecule has 1 aromatic carbocycles. The van der Waals surface area contributed by atoms with Crippen LogP contribution in [0, 0.1) is 11.8 Å². The maximum Gasteiger partial charge on any atom is 0.254 e. The molecule has 1 aromatic rings. The molecule has 21 heavy (non-hydrogen) atoms. The van der Waals surface area contributed by atoms with Gasteiger partial charge in [-0.15, -0.1) is 0 Å². The number of primary amides is 1. The lowest BCUT2D eigenvalue weighted by Crippen LogP contribution is -2.32. The fourth-order valence-electron chi connectivity index (χ4n) is 2.68. The molecule has 0 bridgehead atoms. The predicted molar refractivity (Wildman–Crippen MR) is 76.9 cm³/mol. The summed E-state index contributed by atoms with van der Waals surface area (Å²) in [6.07, 6.45) is 0. The molecule has 0 aliphatic carbocycles. The number of amides is 2. The Morgan fingerprint density at radius 3 is 2.71 bits per heavy atom. The van der Waals surface area contributed by atoms with Gasteiger partial charge < -0.3 is 20.1 Å². The van der Waals surface area contributed by atoms with Crippen LogP contribution in [0.15, 0.2) is 24.3 Å². The Balaban J connectivity index is 2.14. The molecule has 1 heterocycles. The van der Waals surface area contributed by atoms with E-state index in [2.05, 4.69) is 0 Å². The smallest absolute Gasteiger partial charge is 0.254 e. The summed E-state index contributed by atoms with van der Waals surface area (Å²) in [5, 5.41) is 0. The van der Waals surface area contributed by atoms with Crippen molar-refractivity contribution in [1.29, 1.82) is 0 Å². The molecule has 2 amide bonds. The molecule has 2 rings (SSSR count). The van der Waals surface area contributed by atoms with Crippen molar-refractivity contribution in [2.45, 2.75) is 0 Å². The quantitative estimate of drug-likeness (QED) is 0.857. The van der Waals surface area contributed by atoms with Crippen LogP contribution in [-0.2, 0) is 9.53 Å². The van der Waals surface area contributed by atoms with Gasteiger partial charge in [0.05, 0.1) is 19.6 Å². The number of carbonyl (C=O) groups excluding carboxylic acids is 2. The summed E-state index contributed by atoms with van der Waals surface area (Å²) < 4.78 is 10.2. The van der Waals surface area contributed by atoms with E-state index in [9.17, 15) is 9.59 Å². The molecular formula is C15H20N2O4. The van der Waals surface area contributed by atoms with Crippen LogP contribution in [0.3, 0.4) is 0 Å². The monoisotopic (exact) mass is 292 g/mol. The zero-order valence-electron chi connectivity index (χ0n) is 12.2. The summed E-state index contributed by atoms with van der Waals surface area (Å²) >= 11 is 0. The van der Waals surface area contributed by atoms with Gasteiger partial charge in [0.1, 0.15) is 5.75 Å². The minimum absolute atomic E-state index is 0.0537. The van der Waals surface area contributed by atoms with Crippen LogP contribution in [0.5, 0.6) is 5.75 Å². The Kier molecular flexibility index (Phi) is 4.80. The standard InChI is InChI=1S/C15H20N2O4/c1-20-9-11-7-17(8-13(11)14(16)18)15(19)10-4-3-5-12(6-10)21-2/h3-6,11,13H,7-9H2,1-2H3,(H2,16,18)/t11-,13+/m0/s1. The predicted octanol–water partition coefficient (Wildman–Crippen LogP) is 0.515. The van der Waals surface area contributed by atoms with E-state index in [1.165, 1.54) is 0 Å². The first kappa shape index (κ1) is 15.3. The second kappa shape index (κ2) is 6.58. The first-order valence-electron chi connectivity index (χ1n) is 6.78. The molecule has 1 aliphatic rings. The normalized spacial score (nSPS) is 21.3. The van der Waals surface area contributed by atoms with Gasteiger partial charge in [-0.3, -0.25) is 9.59 Å². The van der Waals surface area contributed by atoms with Crippen molar-refractivity contribution in [2.24, 2.45) is 17.6 Å². The molecule has 6 nitrogen and oxygen atoms in total. The lowest BCUT2D eigenvalue weighted by Gasteiger charge is -2.16. The fourth-order valence-corrected chi connectivity index (χ4v) is 2.68. The molecule has 0 unspecified atom stereocenters. The van der Waals surface area contributed by atoms with Gasteiger partial charge in [0.25, 0.3) is 5.91 Å². The van der Waals surface area contributed by atoms with E-state index in [-0.39, 0.29) is 17.7 Å². The van der Waals surface area contributed by atoms with Crippen molar-refractivity contribution in [3.63, 3.8) is 0 Å². The summed E-state index contributed by atoms with van der Waals surface area (Å²) in [6, 6.07) is 6.96. The van der Waals surface area contributed by atoms with Crippen molar-refractivity contribution in [3.05, 3.63) is 29.8 Å². The number of methoxy groups -OCH3 is 2. The number of hydrogen-bond acceptors (Lipinski definition) is 4. The number of nitrogens with zero attached hydrogens (tertiary/aromatic N) is 1. The molecule has 1 saturated heterocycles. The van der Waals surface area contributed by atoms with Crippen LogP contribution in [0.1, 0.15) is 10.4 Å². The van der Waals surface area contributed by atoms with Gasteiger partial charge in [-0.2, -0.15) is 0 Å². The summed E-state index contributed by atoms with van der Waals surface area (Å²) in [6.45, 7) is 1.21. The minimum atomic E-state index is -0.391. The molecule has 114 valence electrons. The first-order valence-corrected chi connectivity index (χ1v) is 6.78. The van der Waals surface area contributed by atoms with Gasteiger partial charge in [-0.1, -0.05) is 6.07 Å². The van der Waals surface area contributed by atoms with Crippen LogP contribution in [0.2, 0.25) is 0 Å². The van der Waals surface area contributed by atoms with Crippen molar-refractivity contribution in [2.75, 3.05) is 33.9 Å². The highest BCUT2D eigenvalue weighted by atomic mass is 16.5. The second-order valence-corrected chi connectivity index (χ2v) is 5.17. The van der Waals surface area contributed by atoms with Crippen LogP contribution in [-0.4, -0.2) is 50.6 Å². The highest BCUT2D eigenvalue weighted by Gasteiger charge is 2.38. The lowest BCUT2D eigenvalue weighted by molar-refractivity contribution is -0.122. The number of likely N-dealkylation sites (tertiary alicyclic amines) is 1.